The smallest absolute Gasteiger partial charge is 0.320 e. The minimum absolute atomic E-state index is 0.260. The zero-order valence-electron chi connectivity index (χ0n) is 17.2. The Labute approximate surface area is 195 Å². The van der Waals surface area contributed by atoms with Crippen molar-refractivity contribution in [2.45, 2.75) is 46.4 Å². The second-order valence-electron chi connectivity index (χ2n) is 7.25. The molecule has 0 aliphatic carbocycles. The molecule has 0 aliphatic heterocycles. The van der Waals surface area contributed by atoms with Crippen molar-refractivity contribution >= 4 is 45.1 Å². The SMILES string of the molecule is CCOc1cc(CNC(CC(C)C)C(=O)O)c(Br)cc1OCc1ccc(Cl)cc1Cl. The number of ether oxygens (including phenoxy) is 2. The number of rotatable bonds is 11. The third-order valence-corrected chi connectivity index (χ3v) is 5.68. The Hall–Kier alpha value is -1.47. The number of aliphatic carboxylic acids is 1. The summed E-state index contributed by atoms with van der Waals surface area (Å²) in [6, 6.07) is 8.31. The fourth-order valence-electron chi connectivity index (χ4n) is 2.86. The van der Waals surface area contributed by atoms with Gasteiger partial charge in [0.15, 0.2) is 11.5 Å². The van der Waals surface area contributed by atoms with Crippen LogP contribution in [0, 0.1) is 5.92 Å². The lowest BCUT2D eigenvalue weighted by molar-refractivity contribution is -0.140. The van der Waals surface area contributed by atoms with E-state index in [1.54, 1.807) is 12.1 Å². The molecule has 0 saturated carbocycles. The molecular weight excluding hydrogens is 493 g/mol. The summed E-state index contributed by atoms with van der Waals surface area (Å²) in [7, 11) is 0. The third-order valence-electron chi connectivity index (χ3n) is 4.35. The topological polar surface area (TPSA) is 67.8 Å². The maximum Gasteiger partial charge on any atom is 0.320 e. The molecule has 164 valence electrons. The number of hydrogen-bond donors (Lipinski definition) is 2. The molecule has 0 aliphatic rings. The molecule has 2 aromatic rings. The zero-order chi connectivity index (χ0) is 22.3. The number of carbonyl (C=O) groups is 1. The van der Waals surface area contributed by atoms with Crippen LogP contribution >= 0.6 is 39.1 Å². The summed E-state index contributed by atoms with van der Waals surface area (Å²) in [6.45, 7) is 7.00. The van der Waals surface area contributed by atoms with Gasteiger partial charge in [0.05, 0.1) is 6.61 Å². The van der Waals surface area contributed by atoms with Crippen molar-refractivity contribution in [1.29, 1.82) is 0 Å². The normalized spacial score (nSPS) is 12.1. The van der Waals surface area contributed by atoms with E-state index in [-0.39, 0.29) is 12.5 Å². The molecule has 0 spiro atoms. The summed E-state index contributed by atoms with van der Waals surface area (Å²) in [5.41, 5.74) is 1.69. The van der Waals surface area contributed by atoms with Crippen molar-refractivity contribution in [3.05, 3.63) is 56.0 Å². The molecule has 2 N–H and O–H groups in total. The van der Waals surface area contributed by atoms with E-state index in [2.05, 4.69) is 21.2 Å². The van der Waals surface area contributed by atoms with Gasteiger partial charge in [-0.2, -0.15) is 0 Å². The number of carboxylic acids is 1. The molecule has 0 radical (unpaired) electrons. The first-order valence-corrected chi connectivity index (χ1v) is 11.2. The van der Waals surface area contributed by atoms with Crippen molar-refractivity contribution in [3.63, 3.8) is 0 Å². The Balaban J connectivity index is 2.16. The summed E-state index contributed by atoms with van der Waals surface area (Å²) in [5.74, 6) is 0.565. The number of benzene rings is 2. The van der Waals surface area contributed by atoms with Crippen LogP contribution in [0.5, 0.6) is 11.5 Å². The highest BCUT2D eigenvalue weighted by Gasteiger charge is 2.19. The molecular formula is C22H26BrCl2NO4. The first-order chi connectivity index (χ1) is 14.2. The first-order valence-electron chi connectivity index (χ1n) is 9.69. The quantitative estimate of drug-likeness (QED) is 0.364. The maximum atomic E-state index is 11.5. The molecule has 0 bridgehead atoms. The molecule has 0 saturated heterocycles. The molecule has 2 rings (SSSR count). The summed E-state index contributed by atoms with van der Waals surface area (Å²) < 4.78 is 12.5. The fourth-order valence-corrected chi connectivity index (χ4v) is 3.79. The predicted octanol–water partition coefficient (Wildman–Crippen LogP) is 6.32. The Kier molecular flexibility index (Phi) is 9.75. The molecule has 1 atom stereocenters. The second-order valence-corrected chi connectivity index (χ2v) is 8.95. The van der Waals surface area contributed by atoms with Crippen LogP contribution in [0.4, 0.5) is 0 Å². The van der Waals surface area contributed by atoms with Crippen LogP contribution in [0.1, 0.15) is 38.3 Å². The van der Waals surface area contributed by atoms with Crippen molar-refractivity contribution < 1.29 is 19.4 Å². The van der Waals surface area contributed by atoms with Gasteiger partial charge in [0, 0.05) is 26.6 Å². The fraction of sp³-hybridized carbons (Fsp3) is 0.409. The number of hydrogen-bond acceptors (Lipinski definition) is 4. The number of halogens is 3. The monoisotopic (exact) mass is 517 g/mol. The molecule has 0 heterocycles. The van der Waals surface area contributed by atoms with Crippen LogP contribution in [-0.2, 0) is 17.9 Å². The van der Waals surface area contributed by atoms with Crippen LogP contribution in [-0.4, -0.2) is 23.7 Å². The average molecular weight is 519 g/mol. The molecule has 8 heteroatoms. The molecule has 0 amide bonds. The second kappa shape index (κ2) is 11.8. The van der Waals surface area contributed by atoms with Crippen LogP contribution in [0.25, 0.3) is 0 Å². The van der Waals surface area contributed by atoms with Gasteiger partial charge in [-0.15, -0.1) is 0 Å². The lowest BCUT2D eigenvalue weighted by Crippen LogP contribution is -2.37. The summed E-state index contributed by atoms with van der Waals surface area (Å²) >= 11 is 15.7. The van der Waals surface area contributed by atoms with E-state index >= 15 is 0 Å². The summed E-state index contributed by atoms with van der Waals surface area (Å²) in [5, 5.41) is 13.6. The summed E-state index contributed by atoms with van der Waals surface area (Å²) in [4.78, 5) is 11.5. The van der Waals surface area contributed by atoms with Crippen molar-refractivity contribution in [3.8, 4) is 11.5 Å². The molecule has 30 heavy (non-hydrogen) atoms. The van der Waals surface area contributed by atoms with E-state index in [4.69, 9.17) is 32.7 Å². The van der Waals surface area contributed by atoms with Gasteiger partial charge in [0.1, 0.15) is 12.6 Å². The van der Waals surface area contributed by atoms with Crippen molar-refractivity contribution in [2.75, 3.05) is 6.61 Å². The predicted molar refractivity (Wildman–Crippen MR) is 124 cm³/mol. The minimum Gasteiger partial charge on any atom is -0.490 e. The molecule has 2 aromatic carbocycles. The lowest BCUT2D eigenvalue weighted by Gasteiger charge is -2.19. The van der Waals surface area contributed by atoms with Crippen molar-refractivity contribution in [1.82, 2.24) is 5.32 Å². The van der Waals surface area contributed by atoms with E-state index in [0.717, 1.165) is 15.6 Å². The van der Waals surface area contributed by atoms with E-state index in [1.165, 1.54) is 0 Å². The van der Waals surface area contributed by atoms with Crippen LogP contribution in [0.15, 0.2) is 34.8 Å². The van der Waals surface area contributed by atoms with Gasteiger partial charge in [0.2, 0.25) is 0 Å². The van der Waals surface area contributed by atoms with Gasteiger partial charge in [-0.05, 0) is 49.1 Å². The zero-order valence-corrected chi connectivity index (χ0v) is 20.3. The molecule has 0 aromatic heterocycles. The van der Waals surface area contributed by atoms with Gasteiger partial charge in [-0.1, -0.05) is 59.0 Å². The Morgan fingerprint density at radius 3 is 2.43 bits per heavy atom. The molecule has 0 fully saturated rings. The maximum absolute atomic E-state index is 11.5. The van der Waals surface area contributed by atoms with Crippen LogP contribution in [0.2, 0.25) is 10.0 Å². The molecule has 1 unspecified atom stereocenters. The number of carboxylic acid groups (broad SMARTS) is 1. The minimum atomic E-state index is -0.857. The average Bonchev–Trinajstić information content (AvgIpc) is 2.66. The Bertz CT molecular complexity index is 876. The van der Waals surface area contributed by atoms with Gasteiger partial charge in [-0.25, -0.2) is 0 Å². The highest BCUT2D eigenvalue weighted by Crippen LogP contribution is 2.35. The van der Waals surface area contributed by atoms with E-state index in [0.29, 0.717) is 41.1 Å². The molecule has 5 nitrogen and oxygen atoms in total. The lowest BCUT2D eigenvalue weighted by atomic mass is 10.0. The first kappa shape index (κ1) is 24.8. The van der Waals surface area contributed by atoms with Crippen molar-refractivity contribution in [2.24, 2.45) is 5.92 Å². The van der Waals surface area contributed by atoms with E-state index < -0.39 is 12.0 Å². The highest BCUT2D eigenvalue weighted by atomic mass is 79.9. The van der Waals surface area contributed by atoms with Crippen LogP contribution < -0.4 is 14.8 Å². The number of nitrogens with one attached hydrogen (secondary N) is 1. The van der Waals surface area contributed by atoms with Gasteiger partial charge in [0.25, 0.3) is 0 Å². The highest BCUT2D eigenvalue weighted by molar-refractivity contribution is 9.10. The largest absolute Gasteiger partial charge is 0.490 e. The Morgan fingerprint density at radius 2 is 1.83 bits per heavy atom. The van der Waals surface area contributed by atoms with Gasteiger partial charge < -0.3 is 19.9 Å². The van der Waals surface area contributed by atoms with Gasteiger partial charge in [-0.3, -0.25) is 4.79 Å². The third kappa shape index (κ3) is 7.34. The standard InChI is InChI=1S/C22H26BrCl2NO4/c1-4-29-20-8-15(11-26-19(22(27)28)7-13(2)3)17(23)10-21(20)30-12-14-5-6-16(24)9-18(14)25/h5-6,8-10,13,19,26H,4,7,11-12H2,1-3H3,(H,27,28). The van der Waals surface area contributed by atoms with Crippen LogP contribution in [0.3, 0.4) is 0 Å². The van der Waals surface area contributed by atoms with Gasteiger partial charge >= 0.3 is 5.97 Å². The van der Waals surface area contributed by atoms with E-state index in [9.17, 15) is 9.90 Å². The summed E-state index contributed by atoms with van der Waals surface area (Å²) in [6.07, 6.45) is 0.550. The van der Waals surface area contributed by atoms with E-state index in [1.807, 2.05) is 39.0 Å². The Morgan fingerprint density at radius 1 is 1.13 bits per heavy atom.